The highest BCUT2D eigenvalue weighted by Gasteiger charge is 2.56. The van der Waals surface area contributed by atoms with Crippen LogP contribution in [-0.4, -0.2) is 90.8 Å². The van der Waals surface area contributed by atoms with E-state index in [2.05, 4.69) is 65.4 Å². The number of hydrogen-bond donors (Lipinski definition) is 1. The standard InChI is InChI=1S/C39H51ClN4O4/c1-38(2)34-25-28(42(3)4)13-16-31(34)39(32-17-14-29(43(5)6)26-35(32)38)33-24-27(12-15-30(33)37(46)44(39)7)36(45)41-19-21-48-23-22-47-20-11-9-8-10-18-40/h12-17,24-26H,8-11,18-23H2,1-7H3,(H,41,45). The third-order valence-electron chi connectivity index (χ3n) is 9.95. The van der Waals surface area contributed by atoms with Crippen LogP contribution in [0.4, 0.5) is 11.4 Å². The van der Waals surface area contributed by atoms with Crippen molar-refractivity contribution >= 4 is 34.8 Å². The van der Waals surface area contributed by atoms with E-state index in [4.69, 9.17) is 21.1 Å². The number of carbonyl (C=O) groups is 2. The van der Waals surface area contributed by atoms with E-state index in [-0.39, 0.29) is 17.2 Å². The van der Waals surface area contributed by atoms with Crippen LogP contribution in [0.5, 0.6) is 0 Å². The van der Waals surface area contributed by atoms with Crippen LogP contribution in [0.3, 0.4) is 0 Å². The zero-order valence-corrected chi connectivity index (χ0v) is 30.4. The molecule has 5 rings (SSSR count). The highest BCUT2D eigenvalue weighted by Crippen LogP contribution is 2.58. The molecule has 3 aromatic rings. The Morgan fingerprint density at radius 1 is 0.750 bits per heavy atom. The summed E-state index contributed by atoms with van der Waals surface area (Å²) in [5.74, 6) is 0.453. The topological polar surface area (TPSA) is 74.4 Å². The van der Waals surface area contributed by atoms with E-state index >= 15 is 0 Å². The first kappa shape index (κ1) is 35.7. The lowest BCUT2D eigenvalue weighted by Crippen LogP contribution is -2.49. The molecule has 1 aliphatic carbocycles. The molecule has 2 aliphatic rings. The van der Waals surface area contributed by atoms with Gasteiger partial charge in [0, 0.05) is 87.8 Å². The predicted molar refractivity (Wildman–Crippen MR) is 195 cm³/mol. The van der Waals surface area contributed by atoms with Crippen molar-refractivity contribution in [1.29, 1.82) is 0 Å². The quantitative estimate of drug-likeness (QED) is 0.149. The number of benzene rings is 3. The molecule has 9 heteroatoms. The van der Waals surface area contributed by atoms with Gasteiger partial charge < -0.3 is 29.5 Å². The molecule has 1 spiro atoms. The third-order valence-corrected chi connectivity index (χ3v) is 10.2. The Morgan fingerprint density at radius 3 is 1.92 bits per heavy atom. The highest BCUT2D eigenvalue weighted by molar-refractivity contribution is 6.17. The maximum atomic E-state index is 14.1. The van der Waals surface area contributed by atoms with Gasteiger partial charge in [-0.05, 0) is 77.6 Å². The molecule has 8 nitrogen and oxygen atoms in total. The number of fused-ring (bicyclic) bond motifs is 6. The van der Waals surface area contributed by atoms with Gasteiger partial charge in [-0.3, -0.25) is 9.59 Å². The smallest absolute Gasteiger partial charge is 0.255 e. The maximum Gasteiger partial charge on any atom is 0.255 e. The zero-order valence-electron chi connectivity index (χ0n) is 29.6. The van der Waals surface area contributed by atoms with Crippen LogP contribution >= 0.6 is 11.6 Å². The average Bonchev–Trinajstić information content (AvgIpc) is 3.29. The summed E-state index contributed by atoms with van der Waals surface area (Å²) in [6.45, 7) is 7.02. The monoisotopic (exact) mass is 674 g/mol. The van der Waals surface area contributed by atoms with Crippen molar-refractivity contribution in [2.45, 2.75) is 50.5 Å². The Bertz CT molecular complexity index is 1570. The Labute approximate surface area is 291 Å². The number of amides is 2. The van der Waals surface area contributed by atoms with Gasteiger partial charge in [-0.15, -0.1) is 11.6 Å². The van der Waals surface area contributed by atoms with Gasteiger partial charge in [0.25, 0.3) is 11.8 Å². The largest absolute Gasteiger partial charge is 0.379 e. The van der Waals surface area contributed by atoms with Crippen molar-refractivity contribution in [1.82, 2.24) is 10.2 Å². The number of carbonyl (C=O) groups excluding carboxylic acids is 2. The van der Waals surface area contributed by atoms with Crippen LogP contribution in [0, 0.1) is 0 Å². The van der Waals surface area contributed by atoms with Crippen LogP contribution < -0.4 is 15.1 Å². The number of alkyl halides is 1. The number of ether oxygens (including phenoxy) is 2. The van der Waals surface area contributed by atoms with Crippen LogP contribution in [0.2, 0.25) is 0 Å². The number of anilines is 2. The number of unbranched alkanes of at least 4 members (excludes halogenated alkanes) is 3. The summed E-state index contributed by atoms with van der Waals surface area (Å²) in [5.41, 5.74) is 7.33. The number of nitrogens with one attached hydrogen (secondary N) is 1. The summed E-state index contributed by atoms with van der Waals surface area (Å²) in [7, 11) is 10.1. The van der Waals surface area contributed by atoms with E-state index in [0.29, 0.717) is 43.4 Å². The van der Waals surface area contributed by atoms with Gasteiger partial charge >= 0.3 is 0 Å². The van der Waals surface area contributed by atoms with Crippen LogP contribution in [0.25, 0.3) is 0 Å². The van der Waals surface area contributed by atoms with E-state index < -0.39 is 5.54 Å². The van der Waals surface area contributed by atoms with E-state index in [1.807, 2.05) is 52.3 Å². The molecule has 258 valence electrons. The van der Waals surface area contributed by atoms with E-state index in [1.54, 1.807) is 6.07 Å². The normalized spacial score (nSPS) is 15.2. The highest BCUT2D eigenvalue weighted by atomic mass is 35.5. The van der Waals surface area contributed by atoms with Crippen molar-refractivity contribution in [3.05, 3.63) is 93.5 Å². The van der Waals surface area contributed by atoms with Gasteiger partial charge in [0.15, 0.2) is 0 Å². The molecule has 1 aliphatic heterocycles. The number of rotatable bonds is 15. The molecule has 0 atom stereocenters. The second kappa shape index (κ2) is 14.9. The molecule has 48 heavy (non-hydrogen) atoms. The summed E-state index contributed by atoms with van der Waals surface area (Å²) >= 11 is 5.72. The predicted octanol–water partition coefficient (Wildman–Crippen LogP) is 6.40. The van der Waals surface area contributed by atoms with Crippen LogP contribution in [-0.2, 0) is 20.4 Å². The lowest BCUT2D eigenvalue weighted by molar-refractivity contribution is 0.0468. The molecule has 0 saturated heterocycles. The van der Waals surface area contributed by atoms with Crippen molar-refractivity contribution < 1.29 is 19.1 Å². The maximum absolute atomic E-state index is 14.1. The Hall–Kier alpha value is -3.59. The fourth-order valence-electron chi connectivity index (χ4n) is 7.23. The average molecular weight is 675 g/mol. The fourth-order valence-corrected chi connectivity index (χ4v) is 7.41. The molecule has 0 bridgehead atoms. The molecule has 0 unspecified atom stereocenters. The Morgan fingerprint density at radius 2 is 1.33 bits per heavy atom. The fraction of sp³-hybridized carbons (Fsp3) is 0.487. The van der Waals surface area contributed by atoms with E-state index in [1.165, 1.54) is 0 Å². The van der Waals surface area contributed by atoms with Gasteiger partial charge in [-0.1, -0.05) is 38.8 Å². The Kier molecular flexibility index (Phi) is 11.1. The minimum Gasteiger partial charge on any atom is -0.379 e. The molecule has 0 fully saturated rings. The van der Waals surface area contributed by atoms with Gasteiger partial charge in [0.1, 0.15) is 5.54 Å². The summed E-state index contributed by atoms with van der Waals surface area (Å²) in [6.07, 6.45) is 4.34. The van der Waals surface area contributed by atoms with Crippen molar-refractivity contribution in [2.75, 3.05) is 83.9 Å². The lowest BCUT2D eigenvalue weighted by Gasteiger charge is -2.49. The van der Waals surface area contributed by atoms with Gasteiger partial charge in [-0.25, -0.2) is 0 Å². The second-order valence-electron chi connectivity index (χ2n) is 13.8. The first-order valence-corrected chi connectivity index (χ1v) is 17.6. The first-order chi connectivity index (χ1) is 23.0. The molecule has 0 radical (unpaired) electrons. The molecule has 0 saturated carbocycles. The molecule has 2 amide bonds. The minimum absolute atomic E-state index is 0.0622. The molecule has 3 aromatic carbocycles. The molecular weight excluding hydrogens is 624 g/mol. The van der Waals surface area contributed by atoms with E-state index in [9.17, 15) is 9.59 Å². The van der Waals surface area contributed by atoms with Crippen molar-refractivity contribution in [2.24, 2.45) is 0 Å². The first-order valence-electron chi connectivity index (χ1n) is 17.0. The summed E-state index contributed by atoms with van der Waals surface area (Å²) in [5, 5.41) is 3.00. The second-order valence-corrected chi connectivity index (χ2v) is 14.2. The van der Waals surface area contributed by atoms with Crippen LogP contribution in [0.1, 0.15) is 88.1 Å². The molecule has 1 N–H and O–H groups in total. The Balaban J connectivity index is 1.41. The summed E-state index contributed by atoms with van der Waals surface area (Å²) < 4.78 is 11.3. The third kappa shape index (κ3) is 6.55. The summed E-state index contributed by atoms with van der Waals surface area (Å²) in [4.78, 5) is 33.6. The SMILES string of the molecule is CN(C)c1ccc2c(c1)C(C)(C)c1cc(N(C)C)ccc1C21c2cc(C(=O)NCCOCCOCCCCCCCl)ccc2C(=O)N1C. The van der Waals surface area contributed by atoms with Crippen molar-refractivity contribution in [3.63, 3.8) is 0 Å². The molecule has 0 aromatic heterocycles. The number of halogens is 1. The van der Waals surface area contributed by atoms with E-state index in [0.717, 1.165) is 71.5 Å². The number of hydrogen-bond acceptors (Lipinski definition) is 6. The lowest BCUT2D eigenvalue weighted by atomic mass is 9.60. The number of nitrogens with zero attached hydrogens (tertiary/aromatic N) is 3. The van der Waals surface area contributed by atoms with Gasteiger partial charge in [0.2, 0.25) is 0 Å². The summed E-state index contributed by atoms with van der Waals surface area (Å²) in [6, 6.07) is 18.6. The van der Waals surface area contributed by atoms with Gasteiger partial charge in [0.05, 0.1) is 19.8 Å². The molecular formula is C39H51ClN4O4. The van der Waals surface area contributed by atoms with Gasteiger partial charge in [-0.2, -0.15) is 0 Å². The van der Waals surface area contributed by atoms with Crippen molar-refractivity contribution in [3.8, 4) is 0 Å². The molecule has 1 heterocycles. The minimum atomic E-state index is -0.897. The van der Waals surface area contributed by atoms with Crippen LogP contribution in [0.15, 0.2) is 54.6 Å². The zero-order chi connectivity index (χ0) is 34.6.